The van der Waals surface area contributed by atoms with Crippen LogP contribution in [0.25, 0.3) is 0 Å². The van der Waals surface area contributed by atoms with Gasteiger partial charge < -0.3 is 14.6 Å². The highest BCUT2D eigenvalue weighted by Gasteiger charge is 2.22. The van der Waals surface area contributed by atoms with E-state index in [4.69, 9.17) is 9.47 Å². The maximum atomic E-state index is 9.21. The van der Waals surface area contributed by atoms with Gasteiger partial charge >= 0.3 is 0 Å². The second-order valence-corrected chi connectivity index (χ2v) is 4.60. The number of rotatable bonds is 4. The van der Waals surface area contributed by atoms with Crippen LogP contribution in [-0.2, 0) is 9.47 Å². The molecule has 94 valence electrons. The Balaban J connectivity index is 1.84. The van der Waals surface area contributed by atoms with Crippen LogP contribution in [0, 0.1) is 5.92 Å². The molecule has 2 rings (SSSR count). The molecule has 1 aromatic carbocycles. The molecule has 3 nitrogen and oxygen atoms in total. The normalized spacial score (nSPS) is 24.8. The van der Waals surface area contributed by atoms with Crippen molar-refractivity contribution in [1.82, 2.24) is 0 Å². The molecular formula is C14H20O3. The lowest BCUT2D eigenvalue weighted by atomic mass is 10.0. The van der Waals surface area contributed by atoms with Crippen LogP contribution in [0.2, 0.25) is 0 Å². The zero-order valence-corrected chi connectivity index (χ0v) is 10.3. The van der Waals surface area contributed by atoms with Gasteiger partial charge in [0.25, 0.3) is 0 Å². The molecular weight excluding hydrogens is 216 g/mol. The summed E-state index contributed by atoms with van der Waals surface area (Å²) in [6, 6.07) is 7.00. The summed E-state index contributed by atoms with van der Waals surface area (Å²) in [7, 11) is 0. The summed E-state index contributed by atoms with van der Waals surface area (Å²) < 4.78 is 11.4. The SMILES string of the molecule is CCCCC1COC(c2ccc(O)cc2)OC1. The first-order valence-corrected chi connectivity index (χ1v) is 6.31. The second-order valence-electron chi connectivity index (χ2n) is 4.60. The van der Waals surface area contributed by atoms with Gasteiger partial charge in [0.2, 0.25) is 0 Å². The lowest BCUT2D eigenvalue weighted by Gasteiger charge is -2.29. The Hall–Kier alpha value is -1.06. The molecule has 1 aliphatic heterocycles. The highest BCUT2D eigenvalue weighted by molar-refractivity contribution is 5.26. The average Bonchev–Trinajstić information content (AvgIpc) is 2.38. The van der Waals surface area contributed by atoms with Crippen molar-refractivity contribution in [1.29, 1.82) is 0 Å². The fraction of sp³-hybridized carbons (Fsp3) is 0.571. The summed E-state index contributed by atoms with van der Waals surface area (Å²) >= 11 is 0. The Kier molecular flexibility index (Phi) is 4.40. The molecule has 1 aliphatic rings. The number of benzene rings is 1. The first-order chi connectivity index (χ1) is 8.29. The third-order valence-electron chi connectivity index (χ3n) is 3.10. The van der Waals surface area contributed by atoms with E-state index in [-0.39, 0.29) is 12.0 Å². The Morgan fingerprint density at radius 3 is 2.41 bits per heavy atom. The van der Waals surface area contributed by atoms with E-state index in [1.807, 2.05) is 12.1 Å². The topological polar surface area (TPSA) is 38.7 Å². The fourth-order valence-corrected chi connectivity index (χ4v) is 2.03. The van der Waals surface area contributed by atoms with Crippen LogP contribution in [0.4, 0.5) is 0 Å². The van der Waals surface area contributed by atoms with Crippen LogP contribution in [-0.4, -0.2) is 18.3 Å². The molecule has 1 N–H and O–H groups in total. The molecule has 0 radical (unpaired) electrons. The molecule has 1 saturated heterocycles. The van der Waals surface area contributed by atoms with Gasteiger partial charge in [-0.25, -0.2) is 0 Å². The van der Waals surface area contributed by atoms with E-state index in [1.165, 1.54) is 19.3 Å². The van der Waals surface area contributed by atoms with Gasteiger partial charge in [0.15, 0.2) is 6.29 Å². The Bertz CT molecular complexity index is 326. The standard InChI is InChI=1S/C14H20O3/c1-2-3-4-11-9-16-14(17-10-11)12-5-7-13(15)8-6-12/h5-8,11,14-15H,2-4,9-10H2,1H3. The van der Waals surface area contributed by atoms with E-state index in [2.05, 4.69) is 6.92 Å². The Labute approximate surface area is 102 Å². The molecule has 0 unspecified atom stereocenters. The quantitative estimate of drug-likeness (QED) is 0.872. The molecule has 3 heteroatoms. The third-order valence-corrected chi connectivity index (χ3v) is 3.10. The molecule has 1 fully saturated rings. The highest BCUT2D eigenvalue weighted by atomic mass is 16.7. The van der Waals surface area contributed by atoms with Crippen molar-refractivity contribution in [3.8, 4) is 5.75 Å². The van der Waals surface area contributed by atoms with E-state index < -0.39 is 0 Å². The number of unbranched alkanes of at least 4 members (excludes halogenated alkanes) is 1. The summed E-state index contributed by atoms with van der Waals surface area (Å²) in [6.45, 7) is 3.74. The largest absolute Gasteiger partial charge is 0.508 e. The second kappa shape index (κ2) is 6.03. The van der Waals surface area contributed by atoms with Gasteiger partial charge in [0, 0.05) is 11.5 Å². The van der Waals surface area contributed by atoms with Crippen molar-refractivity contribution in [3.63, 3.8) is 0 Å². The molecule has 1 heterocycles. The predicted molar refractivity (Wildman–Crippen MR) is 65.8 cm³/mol. The van der Waals surface area contributed by atoms with E-state index in [0.29, 0.717) is 5.92 Å². The van der Waals surface area contributed by atoms with Gasteiger partial charge in [0.1, 0.15) is 5.75 Å². The van der Waals surface area contributed by atoms with Crippen molar-refractivity contribution >= 4 is 0 Å². The van der Waals surface area contributed by atoms with E-state index in [1.54, 1.807) is 12.1 Å². The third kappa shape index (κ3) is 3.45. The molecule has 0 spiro atoms. The smallest absolute Gasteiger partial charge is 0.183 e. The minimum Gasteiger partial charge on any atom is -0.508 e. The zero-order chi connectivity index (χ0) is 12.1. The monoisotopic (exact) mass is 236 g/mol. The maximum absolute atomic E-state index is 9.21. The summed E-state index contributed by atoms with van der Waals surface area (Å²) in [5.74, 6) is 0.800. The predicted octanol–water partition coefficient (Wildman–Crippen LogP) is 3.24. The minimum atomic E-state index is -0.270. The van der Waals surface area contributed by atoms with Crippen molar-refractivity contribution in [3.05, 3.63) is 29.8 Å². The average molecular weight is 236 g/mol. The molecule has 1 aromatic rings. The van der Waals surface area contributed by atoms with Gasteiger partial charge in [-0.05, 0) is 18.6 Å². The highest BCUT2D eigenvalue weighted by Crippen LogP contribution is 2.27. The zero-order valence-electron chi connectivity index (χ0n) is 10.3. The molecule has 0 aliphatic carbocycles. The lowest BCUT2D eigenvalue weighted by Crippen LogP contribution is -2.27. The number of phenols is 1. The number of aromatic hydroxyl groups is 1. The van der Waals surface area contributed by atoms with Crippen LogP contribution in [0.15, 0.2) is 24.3 Å². The maximum Gasteiger partial charge on any atom is 0.183 e. The number of phenolic OH excluding ortho intramolecular Hbond substituents is 1. The summed E-state index contributed by atoms with van der Waals surface area (Å²) in [6.07, 6.45) is 3.37. The first-order valence-electron chi connectivity index (χ1n) is 6.31. The van der Waals surface area contributed by atoms with Crippen LogP contribution in [0.3, 0.4) is 0 Å². The van der Waals surface area contributed by atoms with E-state index in [0.717, 1.165) is 18.8 Å². The van der Waals surface area contributed by atoms with Crippen LogP contribution in [0.1, 0.15) is 38.0 Å². The molecule has 0 saturated carbocycles. The van der Waals surface area contributed by atoms with Crippen LogP contribution in [0.5, 0.6) is 5.75 Å². The van der Waals surface area contributed by atoms with Gasteiger partial charge in [-0.1, -0.05) is 31.9 Å². The van der Waals surface area contributed by atoms with E-state index >= 15 is 0 Å². The lowest BCUT2D eigenvalue weighted by molar-refractivity contribution is -0.206. The van der Waals surface area contributed by atoms with Crippen molar-refractivity contribution in [2.24, 2.45) is 5.92 Å². The number of hydrogen-bond acceptors (Lipinski definition) is 3. The van der Waals surface area contributed by atoms with Crippen LogP contribution >= 0.6 is 0 Å². The van der Waals surface area contributed by atoms with Crippen molar-refractivity contribution in [2.75, 3.05) is 13.2 Å². The molecule has 0 atom stereocenters. The fourth-order valence-electron chi connectivity index (χ4n) is 2.03. The summed E-state index contributed by atoms with van der Waals surface area (Å²) in [4.78, 5) is 0. The van der Waals surface area contributed by atoms with Gasteiger partial charge in [-0.15, -0.1) is 0 Å². The van der Waals surface area contributed by atoms with Crippen molar-refractivity contribution < 1.29 is 14.6 Å². The van der Waals surface area contributed by atoms with Gasteiger partial charge in [-0.3, -0.25) is 0 Å². The molecule has 0 amide bonds. The number of hydrogen-bond donors (Lipinski definition) is 1. The molecule has 17 heavy (non-hydrogen) atoms. The summed E-state index contributed by atoms with van der Waals surface area (Å²) in [5, 5.41) is 9.21. The Morgan fingerprint density at radius 1 is 1.18 bits per heavy atom. The molecule has 0 aromatic heterocycles. The van der Waals surface area contributed by atoms with E-state index in [9.17, 15) is 5.11 Å². The minimum absolute atomic E-state index is 0.269. The van der Waals surface area contributed by atoms with Crippen molar-refractivity contribution in [2.45, 2.75) is 32.5 Å². The van der Waals surface area contributed by atoms with Gasteiger partial charge in [0.05, 0.1) is 13.2 Å². The van der Waals surface area contributed by atoms with Crippen LogP contribution < -0.4 is 0 Å². The first kappa shape index (κ1) is 12.4. The molecule has 0 bridgehead atoms. The van der Waals surface area contributed by atoms with Gasteiger partial charge in [-0.2, -0.15) is 0 Å². The number of ether oxygens (including phenoxy) is 2. The Morgan fingerprint density at radius 2 is 1.82 bits per heavy atom. The summed E-state index contributed by atoms with van der Waals surface area (Å²) in [5.41, 5.74) is 0.969.